The summed E-state index contributed by atoms with van der Waals surface area (Å²) >= 11 is 0. The van der Waals surface area contributed by atoms with E-state index in [1.54, 1.807) is 0 Å². The van der Waals surface area contributed by atoms with E-state index < -0.39 is 60.6 Å². The van der Waals surface area contributed by atoms with Crippen LogP contribution in [0.2, 0.25) is 0 Å². The highest BCUT2D eigenvalue weighted by molar-refractivity contribution is 6.09. The lowest BCUT2D eigenvalue weighted by Crippen LogP contribution is -2.61. The molecule has 3 amide bonds. The highest BCUT2D eigenvalue weighted by Gasteiger charge is 2.44. The summed E-state index contributed by atoms with van der Waals surface area (Å²) in [7, 11) is 0. The van der Waals surface area contributed by atoms with Crippen molar-refractivity contribution >= 4 is 23.4 Å². The van der Waals surface area contributed by atoms with Gasteiger partial charge in [-0.1, -0.05) is 0 Å². The minimum Gasteiger partial charge on any atom is -0.485 e. The Morgan fingerprint density at radius 3 is 2.53 bits per heavy atom. The van der Waals surface area contributed by atoms with Gasteiger partial charge in [-0.3, -0.25) is 14.4 Å². The normalized spacial score (nSPS) is 20.7. The third kappa shape index (κ3) is 5.57. The first-order chi connectivity index (χ1) is 13.8. The van der Waals surface area contributed by atoms with Gasteiger partial charge in [0.05, 0.1) is 5.69 Å². The second-order valence-corrected chi connectivity index (χ2v) is 6.62. The van der Waals surface area contributed by atoms with Crippen LogP contribution in [0.15, 0.2) is 18.2 Å². The molecule has 0 spiro atoms. The standard InChI is InChI=1S/C17H19F4N3O6/c1-16(29,14(27)22-7-17(19,20)21)15(28)24-12-11(4-5-25)30-10-3-2-8(18)6-9(10)23-13(12)26/h2-3,6,11-12,25,29H,4-5,7H2,1H3,(H,22,27)(H,23,26)(H,24,28)/t11-,12+,16?/m0/s1. The predicted octanol–water partition coefficient (Wildman–Crippen LogP) is -0.178. The fraction of sp³-hybridized carbons (Fsp3) is 0.471. The predicted molar refractivity (Wildman–Crippen MR) is 92.8 cm³/mol. The number of carbonyl (C=O) groups is 3. The number of hydrogen-bond donors (Lipinski definition) is 5. The number of fused-ring (bicyclic) bond motifs is 1. The number of halogens is 4. The highest BCUT2D eigenvalue weighted by atomic mass is 19.4. The van der Waals surface area contributed by atoms with Gasteiger partial charge in [-0.2, -0.15) is 13.2 Å². The van der Waals surface area contributed by atoms with Gasteiger partial charge in [0.1, 0.15) is 30.3 Å². The average Bonchev–Trinajstić information content (AvgIpc) is 2.76. The highest BCUT2D eigenvalue weighted by Crippen LogP contribution is 2.30. The van der Waals surface area contributed by atoms with Crippen LogP contribution in [0.3, 0.4) is 0 Å². The van der Waals surface area contributed by atoms with Gasteiger partial charge in [-0.05, 0) is 19.1 Å². The summed E-state index contributed by atoms with van der Waals surface area (Å²) in [4.78, 5) is 36.7. The molecule has 9 nitrogen and oxygen atoms in total. The molecule has 5 N–H and O–H groups in total. The maximum absolute atomic E-state index is 13.4. The molecule has 0 radical (unpaired) electrons. The number of hydrogen-bond acceptors (Lipinski definition) is 6. The Morgan fingerprint density at radius 1 is 1.27 bits per heavy atom. The van der Waals surface area contributed by atoms with E-state index in [9.17, 15) is 42.2 Å². The molecular formula is C17H19F4N3O6. The van der Waals surface area contributed by atoms with E-state index in [1.807, 2.05) is 5.32 Å². The van der Waals surface area contributed by atoms with Crippen molar-refractivity contribution in [3.05, 3.63) is 24.0 Å². The largest absolute Gasteiger partial charge is 0.485 e. The van der Waals surface area contributed by atoms with Crippen molar-refractivity contribution in [1.82, 2.24) is 10.6 Å². The Morgan fingerprint density at radius 2 is 1.93 bits per heavy atom. The zero-order chi connectivity index (χ0) is 22.7. The number of alkyl halides is 3. The van der Waals surface area contributed by atoms with Crippen LogP contribution in [0.1, 0.15) is 13.3 Å². The van der Waals surface area contributed by atoms with E-state index in [1.165, 1.54) is 11.4 Å². The van der Waals surface area contributed by atoms with Gasteiger partial charge >= 0.3 is 6.18 Å². The summed E-state index contributed by atoms with van der Waals surface area (Å²) in [6, 6.07) is 1.64. The number of nitrogens with one attached hydrogen (secondary N) is 3. The number of amides is 3. The molecule has 1 aromatic rings. The van der Waals surface area contributed by atoms with Gasteiger partial charge in [0, 0.05) is 19.1 Å². The maximum atomic E-state index is 13.4. The Kier molecular flexibility index (Phi) is 6.87. The molecule has 1 unspecified atom stereocenters. The molecule has 166 valence electrons. The fourth-order valence-electron chi connectivity index (χ4n) is 2.56. The van der Waals surface area contributed by atoms with E-state index in [0.717, 1.165) is 12.1 Å². The molecule has 13 heteroatoms. The topological polar surface area (TPSA) is 137 Å². The molecule has 0 saturated heterocycles. The fourth-order valence-corrected chi connectivity index (χ4v) is 2.56. The summed E-state index contributed by atoms with van der Waals surface area (Å²) in [6.07, 6.45) is -6.15. The first-order valence-electron chi connectivity index (χ1n) is 8.61. The lowest BCUT2D eigenvalue weighted by molar-refractivity contribution is -0.158. The zero-order valence-electron chi connectivity index (χ0n) is 15.5. The van der Waals surface area contributed by atoms with Crippen LogP contribution in [-0.2, 0) is 14.4 Å². The molecule has 1 aromatic carbocycles. The Bertz CT molecular complexity index is 830. The van der Waals surface area contributed by atoms with Crippen LogP contribution in [-0.4, -0.2) is 65.0 Å². The number of rotatable bonds is 6. The van der Waals surface area contributed by atoms with Crippen LogP contribution in [0.5, 0.6) is 5.75 Å². The van der Waals surface area contributed by atoms with Crippen molar-refractivity contribution in [2.45, 2.75) is 37.3 Å². The Labute approximate surface area is 167 Å². The molecular weight excluding hydrogens is 418 g/mol. The monoisotopic (exact) mass is 437 g/mol. The lowest BCUT2D eigenvalue weighted by atomic mass is 10.0. The van der Waals surface area contributed by atoms with Crippen molar-refractivity contribution in [2.75, 3.05) is 18.5 Å². The average molecular weight is 437 g/mol. The quantitative estimate of drug-likeness (QED) is 0.309. The minimum atomic E-state index is -4.77. The molecule has 0 aliphatic carbocycles. The maximum Gasteiger partial charge on any atom is 0.405 e. The second-order valence-electron chi connectivity index (χ2n) is 6.62. The Hall–Kier alpha value is -2.93. The van der Waals surface area contributed by atoms with Gasteiger partial charge in [0.25, 0.3) is 17.7 Å². The zero-order valence-corrected chi connectivity index (χ0v) is 15.5. The summed E-state index contributed by atoms with van der Waals surface area (Å²) in [6.45, 7) is -1.62. The van der Waals surface area contributed by atoms with Crippen LogP contribution in [0, 0.1) is 5.82 Å². The van der Waals surface area contributed by atoms with Crippen molar-refractivity contribution in [2.24, 2.45) is 0 Å². The third-order valence-electron chi connectivity index (χ3n) is 4.17. The molecule has 1 aliphatic heterocycles. The molecule has 0 aromatic heterocycles. The molecule has 0 fully saturated rings. The molecule has 0 bridgehead atoms. The molecule has 2 rings (SSSR count). The summed E-state index contributed by atoms with van der Waals surface area (Å²) < 4.78 is 55.7. The van der Waals surface area contributed by atoms with Crippen LogP contribution >= 0.6 is 0 Å². The Balaban J connectivity index is 2.20. The first-order valence-corrected chi connectivity index (χ1v) is 8.61. The van der Waals surface area contributed by atoms with Crippen molar-refractivity contribution < 1.29 is 46.9 Å². The molecule has 1 aliphatic rings. The number of carbonyl (C=O) groups excluding carboxylic acids is 3. The van der Waals surface area contributed by atoms with E-state index in [-0.39, 0.29) is 17.9 Å². The van der Waals surface area contributed by atoms with E-state index in [0.29, 0.717) is 6.92 Å². The van der Waals surface area contributed by atoms with Gasteiger partial charge in [0.2, 0.25) is 5.60 Å². The van der Waals surface area contributed by atoms with Crippen molar-refractivity contribution in [3.8, 4) is 5.75 Å². The molecule has 1 heterocycles. The number of benzene rings is 1. The number of aliphatic hydroxyl groups excluding tert-OH is 1. The van der Waals surface area contributed by atoms with E-state index >= 15 is 0 Å². The third-order valence-corrected chi connectivity index (χ3v) is 4.17. The second kappa shape index (κ2) is 8.83. The summed E-state index contributed by atoms with van der Waals surface area (Å²) in [5.74, 6) is -4.70. The van der Waals surface area contributed by atoms with Gasteiger partial charge < -0.3 is 30.9 Å². The van der Waals surface area contributed by atoms with Gasteiger partial charge in [0.15, 0.2) is 0 Å². The van der Waals surface area contributed by atoms with Crippen LogP contribution in [0.4, 0.5) is 23.2 Å². The van der Waals surface area contributed by atoms with Crippen molar-refractivity contribution in [1.29, 1.82) is 0 Å². The number of anilines is 1. The summed E-state index contributed by atoms with van der Waals surface area (Å²) in [5, 5.41) is 25.0. The number of ether oxygens (including phenoxy) is 1. The smallest absolute Gasteiger partial charge is 0.405 e. The minimum absolute atomic E-state index is 0.0367. The van der Waals surface area contributed by atoms with Crippen LogP contribution < -0.4 is 20.7 Å². The first kappa shape index (κ1) is 23.3. The molecule has 3 atom stereocenters. The van der Waals surface area contributed by atoms with Gasteiger partial charge in [-0.15, -0.1) is 0 Å². The SMILES string of the molecule is CC(O)(C(=O)NCC(F)(F)F)C(=O)N[C@H]1C(=O)Nc2cc(F)ccc2O[C@H]1CCO. The number of aliphatic hydroxyl groups is 2. The molecule has 0 saturated carbocycles. The summed E-state index contributed by atoms with van der Waals surface area (Å²) in [5.41, 5.74) is -3.02. The van der Waals surface area contributed by atoms with Crippen LogP contribution in [0.25, 0.3) is 0 Å². The van der Waals surface area contributed by atoms with E-state index in [4.69, 9.17) is 4.74 Å². The van der Waals surface area contributed by atoms with Crippen molar-refractivity contribution in [3.63, 3.8) is 0 Å². The lowest BCUT2D eigenvalue weighted by Gasteiger charge is -2.28. The molecule has 30 heavy (non-hydrogen) atoms. The van der Waals surface area contributed by atoms with E-state index in [2.05, 4.69) is 5.32 Å². The van der Waals surface area contributed by atoms with Gasteiger partial charge in [-0.25, -0.2) is 4.39 Å².